The molecule has 1 N–H and O–H groups in total. The van der Waals surface area contributed by atoms with Crippen LogP contribution < -0.4 is 10.1 Å². The summed E-state index contributed by atoms with van der Waals surface area (Å²) in [7, 11) is 0. The van der Waals surface area contributed by atoms with Gasteiger partial charge < -0.3 is 14.5 Å². The molecule has 0 aliphatic rings. The molecule has 28 heavy (non-hydrogen) atoms. The van der Waals surface area contributed by atoms with E-state index in [0.717, 1.165) is 0 Å². The SMILES string of the molecule is C[C@H](Nc1nc2cc(OC(F)F)cc(Cl)c2o1)c1ncnn1-c1ncccn1. The van der Waals surface area contributed by atoms with Gasteiger partial charge in [0.15, 0.2) is 11.4 Å². The Morgan fingerprint density at radius 2 is 2.00 bits per heavy atom. The molecule has 4 rings (SSSR count). The lowest BCUT2D eigenvalue weighted by atomic mass is 10.3. The Labute approximate surface area is 161 Å². The Kier molecular flexibility index (Phi) is 4.74. The van der Waals surface area contributed by atoms with Crippen molar-refractivity contribution < 1.29 is 17.9 Å². The molecule has 0 bridgehead atoms. The first-order valence-electron chi connectivity index (χ1n) is 8.00. The van der Waals surface area contributed by atoms with Gasteiger partial charge in [0.05, 0.1) is 11.1 Å². The van der Waals surface area contributed by atoms with Crippen LogP contribution >= 0.6 is 11.6 Å². The smallest absolute Gasteiger partial charge is 0.387 e. The van der Waals surface area contributed by atoms with Crippen LogP contribution in [0.1, 0.15) is 18.8 Å². The van der Waals surface area contributed by atoms with Gasteiger partial charge in [0.1, 0.15) is 17.6 Å². The molecule has 0 aliphatic heterocycles. The van der Waals surface area contributed by atoms with Gasteiger partial charge in [0, 0.05) is 24.5 Å². The van der Waals surface area contributed by atoms with Crippen LogP contribution in [0.25, 0.3) is 17.0 Å². The third-order valence-corrected chi connectivity index (χ3v) is 3.97. The van der Waals surface area contributed by atoms with Gasteiger partial charge in [0.25, 0.3) is 12.0 Å². The Morgan fingerprint density at radius 3 is 2.75 bits per heavy atom. The number of benzene rings is 1. The van der Waals surface area contributed by atoms with Crippen molar-refractivity contribution in [2.24, 2.45) is 0 Å². The number of nitrogens with zero attached hydrogens (tertiary/aromatic N) is 6. The zero-order valence-electron chi connectivity index (χ0n) is 14.3. The number of aromatic nitrogens is 6. The van der Waals surface area contributed by atoms with Crippen molar-refractivity contribution in [1.82, 2.24) is 29.7 Å². The lowest BCUT2D eigenvalue weighted by molar-refractivity contribution is -0.0497. The quantitative estimate of drug-likeness (QED) is 0.516. The summed E-state index contributed by atoms with van der Waals surface area (Å²) < 4.78 is 36.3. The maximum atomic E-state index is 12.4. The fourth-order valence-electron chi connectivity index (χ4n) is 2.55. The van der Waals surface area contributed by atoms with Crippen LogP contribution in [0.5, 0.6) is 5.75 Å². The normalized spacial score (nSPS) is 12.5. The molecule has 0 spiro atoms. The maximum absolute atomic E-state index is 12.4. The van der Waals surface area contributed by atoms with Gasteiger partial charge in [0.2, 0.25) is 0 Å². The van der Waals surface area contributed by atoms with Crippen LogP contribution in [0.15, 0.2) is 41.3 Å². The molecule has 0 radical (unpaired) electrons. The maximum Gasteiger partial charge on any atom is 0.387 e. The number of fused-ring (bicyclic) bond motifs is 1. The predicted molar refractivity (Wildman–Crippen MR) is 94.6 cm³/mol. The number of halogens is 3. The van der Waals surface area contributed by atoms with Crippen LogP contribution in [0.3, 0.4) is 0 Å². The lowest BCUT2D eigenvalue weighted by Crippen LogP contribution is -2.15. The highest BCUT2D eigenvalue weighted by molar-refractivity contribution is 6.34. The molecule has 3 aromatic heterocycles. The summed E-state index contributed by atoms with van der Waals surface area (Å²) in [5.74, 6) is 0.765. The standard InChI is InChI=1S/C16H12ClF2N7O2/c1-8(13-22-7-23-26(13)15-20-3-2-4-21-15)24-16-25-11-6-9(27-14(18)19)5-10(17)12(11)28-16/h2-8,14H,1H3,(H,24,25)/t8-/m0/s1. The highest BCUT2D eigenvalue weighted by Crippen LogP contribution is 2.32. The predicted octanol–water partition coefficient (Wildman–Crippen LogP) is 3.63. The van der Waals surface area contributed by atoms with E-state index in [9.17, 15) is 8.78 Å². The van der Waals surface area contributed by atoms with E-state index in [4.69, 9.17) is 16.0 Å². The molecular weight excluding hydrogens is 396 g/mol. The monoisotopic (exact) mass is 407 g/mol. The number of alkyl halides is 2. The molecule has 0 fully saturated rings. The van der Waals surface area contributed by atoms with Gasteiger partial charge >= 0.3 is 6.61 Å². The minimum absolute atomic E-state index is 0.0993. The third kappa shape index (κ3) is 3.56. The summed E-state index contributed by atoms with van der Waals surface area (Å²) in [6, 6.07) is 3.97. The summed E-state index contributed by atoms with van der Waals surface area (Å²) in [6.45, 7) is -1.16. The van der Waals surface area contributed by atoms with E-state index in [1.54, 1.807) is 18.5 Å². The van der Waals surface area contributed by atoms with Crippen LogP contribution in [0, 0.1) is 0 Å². The Bertz CT molecular complexity index is 1100. The first-order chi connectivity index (χ1) is 13.5. The molecule has 0 amide bonds. The average molecular weight is 408 g/mol. The summed E-state index contributed by atoms with van der Waals surface area (Å²) in [6.07, 6.45) is 4.56. The molecule has 0 unspecified atom stereocenters. The first kappa shape index (κ1) is 18.0. The summed E-state index contributed by atoms with van der Waals surface area (Å²) in [5, 5.41) is 7.25. The van der Waals surface area contributed by atoms with E-state index in [1.807, 2.05) is 6.92 Å². The van der Waals surface area contributed by atoms with Crippen molar-refractivity contribution in [3.8, 4) is 11.7 Å². The second-order valence-corrected chi connectivity index (χ2v) is 6.00. The Morgan fingerprint density at radius 1 is 1.21 bits per heavy atom. The van der Waals surface area contributed by atoms with Crippen molar-refractivity contribution >= 4 is 28.7 Å². The lowest BCUT2D eigenvalue weighted by Gasteiger charge is -2.11. The summed E-state index contributed by atoms with van der Waals surface area (Å²) in [4.78, 5) is 16.7. The number of nitrogens with one attached hydrogen (secondary N) is 1. The zero-order valence-corrected chi connectivity index (χ0v) is 15.0. The van der Waals surface area contributed by atoms with Gasteiger partial charge in [-0.2, -0.15) is 23.5 Å². The van der Waals surface area contributed by atoms with E-state index in [1.165, 1.54) is 23.1 Å². The first-order valence-corrected chi connectivity index (χ1v) is 8.38. The van der Waals surface area contributed by atoms with E-state index in [-0.39, 0.29) is 27.9 Å². The van der Waals surface area contributed by atoms with Crippen molar-refractivity contribution in [3.63, 3.8) is 0 Å². The minimum Gasteiger partial charge on any atom is -0.435 e. The summed E-state index contributed by atoms with van der Waals surface area (Å²) in [5.41, 5.74) is 0.511. The molecule has 4 aromatic rings. The summed E-state index contributed by atoms with van der Waals surface area (Å²) >= 11 is 6.07. The molecule has 1 atom stereocenters. The number of hydrogen-bond donors (Lipinski definition) is 1. The highest BCUT2D eigenvalue weighted by atomic mass is 35.5. The van der Waals surface area contributed by atoms with Gasteiger partial charge in [-0.15, -0.1) is 0 Å². The number of anilines is 1. The second kappa shape index (κ2) is 7.35. The van der Waals surface area contributed by atoms with Crippen LogP contribution in [-0.4, -0.2) is 36.3 Å². The molecule has 9 nitrogen and oxygen atoms in total. The van der Waals surface area contributed by atoms with E-state index in [2.05, 4.69) is 35.1 Å². The molecule has 0 aliphatic carbocycles. The number of ether oxygens (including phenoxy) is 1. The van der Waals surface area contributed by atoms with Crippen LogP contribution in [0.4, 0.5) is 14.8 Å². The van der Waals surface area contributed by atoms with Crippen molar-refractivity contribution in [3.05, 3.63) is 47.8 Å². The Hall–Kier alpha value is -3.34. The van der Waals surface area contributed by atoms with Gasteiger partial charge in [-0.25, -0.2) is 15.0 Å². The van der Waals surface area contributed by atoms with E-state index < -0.39 is 12.7 Å². The zero-order chi connectivity index (χ0) is 19.7. The average Bonchev–Trinajstić information content (AvgIpc) is 3.29. The van der Waals surface area contributed by atoms with Crippen molar-refractivity contribution in [1.29, 1.82) is 0 Å². The van der Waals surface area contributed by atoms with Gasteiger partial charge in [-0.3, -0.25) is 0 Å². The van der Waals surface area contributed by atoms with Crippen molar-refractivity contribution in [2.75, 3.05) is 5.32 Å². The van der Waals surface area contributed by atoms with Gasteiger partial charge in [-0.1, -0.05) is 11.6 Å². The Balaban J connectivity index is 1.60. The molecule has 0 saturated heterocycles. The fourth-order valence-corrected chi connectivity index (χ4v) is 2.79. The largest absolute Gasteiger partial charge is 0.435 e. The second-order valence-electron chi connectivity index (χ2n) is 5.60. The molecule has 3 heterocycles. The molecule has 1 aromatic carbocycles. The van der Waals surface area contributed by atoms with Gasteiger partial charge in [-0.05, 0) is 13.0 Å². The van der Waals surface area contributed by atoms with Crippen molar-refractivity contribution in [2.45, 2.75) is 19.6 Å². The molecule has 0 saturated carbocycles. The fraction of sp³-hybridized carbons (Fsp3) is 0.188. The van der Waals surface area contributed by atoms with Crippen LogP contribution in [-0.2, 0) is 0 Å². The minimum atomic E-state index is -2.97. The molecular formula is C16H12ClF2N7O2. The van der Waals surface area contributed by atoms with Crippen LogP contribution in [0.2, 0.25) is 5.02 Å². The molecule has 144 valence electrons. The van der Waals surface area contributed by atoms with E-state index in [0.29, 0.717) is 11.8 Å². The molecule has 12 heteroatoms. The number of hydrogen-bond acceptors (Lipinski definition) is 8. The highest BCUT2D eigenvalue weighted by Gasteiger charge is 2.19. The third-order valence-electron chi connectivity index (χ3n) is 3.69. The number of rotatable bonds is 6. The number of oxazole rings is 1. The topological polar surface area (TPSA) is 104 Å². The van der Waals surface area contributed by atoms with E-state index >= 15 is 0 Å².